The molecule has 0 spiro atoms. The number of esters is 2. The van der Waals surface area contributed by atoms with E-state index in [2.05, 4.69) is 10.6 Å². The normalized spacial score (nSPS) is 26.8. The van der Waals surface area contributed by atoms with Gasteiger partial charge in [0, 0.05) is 25.3 Å². The summed E-state index contributed by atoms with van der Waals surface area (Å²) in [6.07, 6.45) is 1.40. The third-order valence-corrected chi connectivity index (χ3v) is 8.44. The highest BCUT2D eigenvalue weighted by atomic mass is 35.5. The van der Waals surface area contributed by atoms with Gasteiger partial charge in [-0.1, -0.05) is 81.8 Å². The molecule has 10 nitrogen and oxygen atoms in total. The monoisotopic (exact) mass is 654 g/mol. The van der Waals surface area contributed by atoms with E-state index in [9.17, 15) is 19.2 Å². The fourth-order valence-electron chi connectivity index (χ4n) is 5.39. The third kappa shape index (κ3) is 9.56. The molecule has 0 unspecified atom stereocenters. The fourth-order valence-corrected chi connectivity index (χ4v) is 5.67. The standard InChI is InChI=1S/C35H43ClN2O8/c1-20(2)16-29-35(42)44-27(22(4)31-32(46-31)24-10-7-6-8-11-24)12-9-13-30(39)38-26(33(40)37-19-21(3)34(41)45-29)18-23-14-15-28(43-5)25(36)17-23/h6-11,13-15,17,20-22,26-27,29,31-32H,12,16,18-19H2,1-5H3,(H,37,40)(H,38,39)/t21-,22+,26-,27+,29+,31-,32-/m1/s1. The molecule has 0 radical (unpaired) electrons. The molecule has 2 aromatic carbocycles. The lowest BCUT2D eigenvalue weighted by molar-refractivity contribution is -0.176. The zero-order chi connectivity index (χ0) is 33.4. The molecule has 46 heavy (non-hydrogen) atoms. The summed E-state index contributed by atoms with van der Waals surface area (Å²) in [6.45, 7) is 7.31. The second-order valence-corrected chi connectivity index (χ2v) is 12.7. The van der Waals surface area contributed by atoms with E-state index in [1.54, 1.807) is 31.2 Å². The lowest BCUT2D eigenvalue weighted by Crippen LogP contribution is -2.49. The van der Waals surface area contributed by atoms with Crippen LogP contribution in [0.15, 0.2) is 60.7 Å². The van der Waals surface area contributed by atoms with Crippen LogP contribution in [0.2, 0.25) is 5.02 Å². The van der Waals surface area contributed by atoms with Gasteiger partial charge >= 0.3 is 11.9 Å². The summed E-state index contributed by atoms with van der Waals surface area (Å²) in [5.41, 5.74) is 1.73. The van der Waals surface area contributed by atoms with Crippen LogP contribution in [0, 0.1) is 17.8 Å². The number of rotatable bonds is 8. The molecule has 2 aliphatic heterocycles. The Kier molecular flexibility index (Phi) is 12.2. The van der Waals surface area contributed by atoms with Crippen LogP contribution in [-0.2, 0) is 39.8 Å². The second-order valence-electron chi connectivity index (χ2n) is 12.3. The number of hydrogen-bond donors (Lipinski definition) is 2. The van der Waals surface area contributed by atoms with Gasteiger partial charge in [0.2, 0.25) is 11.8 Å². The van der Waals surface area contributed by atoms with Crippen molar-refractivity contribution in [3.8, 4) is 5.75 Å². The predicted octanol–water partition coefficient (Wildman–Crippen LogP) is 4.73. The van der Waals surface area contributed by atoms with Crippen LogP contribution in [0.25, 0.3) is 0 Å². The Labute approximate surface area is 275 Å². The average molecular weight is 655 g/mol. The van der Waals surface area contributed by atoms with Crippen LogP contribution in [0.5, 0.6) is 5.75 Å². The highest BCUT2D eigenvalue weighted by Gasteiger charge is 2.47. The lowest BCUT2D eigenvalue weighted by Gasteiger charge is -2.27. The number of halogens is 1. The van der Waals surface area contributed by atoms with Gasteiger partial charge in [-0.05, 0) is 41.7 Å². The van der Waals surface area contributed by atoms with Gasteiger partial charge in [0.05, 0.1) is 24.2 Å². The molecule has 2 aromatic rings. The van der Waals surface area contributed by atoms with E-state index in [0.717, 1.165) is 5.56 Å². The summed E-state index contributed by atoms with van der Waals surface area (Å²) in [5.74, 6) is -2.78. The minimum atomic E-state index is -1.13. The van der Waals surface area contributed by atoms with Gasteiger partial charge in [-0.2, -0.15) is 0 Å². The smallest absolute Gasteiger partial charge is 0.347 e. The van der Waals surface area contributed by atoms with Gasteiger partial charge in [-0.15, -0.1) is 0 Å². The quantitative estimate of drug-likeness (QED) is 0.308. The first-order chi connectivity index (χ1) is 22.0. The van der Waals surface area contributed by atoms with Gasteiger partial charge in [0.1, 0.15) is 24.0 Å². The zero-order valence-corrected chi connectivity index (χ0v) is 27.6. The number of epoxide rings is 1. The molecule has 11 heteroatoms. The number of carbonyl (C=O) groups excluding carboxylic acids is 4. The first-order valence-electron chi connectivity index (χ1n) is 15.6. The van der Waals surface area contributed by atoms with Crippen molar-refractivity contribution < 1.29 is 38.1 Å². The van der Waals surface area contributed by atoms with Crippen LogP contribution < -0.4 is 15.4 Å². The average Bonchev–Trinajstić information content (AvgIpc) is 3.83. The molecular weight excluding hydrogens is 612 g/mol. The number of methoxy groups -OCH3 is 1. The number of carbonyl (C=O) groups is 4. The highest BCUT2D eigenvalue weighted by molar-refractivity contribution is 6.32. The van der Waals surface area contributed by atoms with Crippen molar-refractivity contribution in [1.29, 1.82) is 0 Å². The summed E-state index contributed by atoms with van der Waals surface area (Å²) in [4.78, 5) is 52.9. The summed E-state index contributed by atoms with van der Waals surface area (Å²) < 4.78 is 22.9. The minimum Gasteiger partial charge on any atom is -0.495 e. The number of ether oxygens (including phenoxy) is 4. The summed E-state index contributed by atoms with van der Waals surface area (Å²) in [5, 5.41) is 5.86. The Morgan fingerprint density at radius 3 is 2.41 bits per heavy atom. The molecule has 0 bridgehead atoms. The van der Waals surface area contributed by atoms with E-state index in [-0.39, 0.29) is 49.9 Å². The number of nitrogens with one attached hydrogen (secondary N) is 2. The van der Waals surface area contributed by atoms with Crippen LogP contribution in [-0.4, -0.2) is 61.8 Å². The van der Waals surface area contributed by atoms with E-state index in [1.165, 1.54) is 13.2 Å². The van der Waals surface area contributed by atoms with Gasteiger partial charge in [-0.25, -0.2) is 4.79 Å². The van der Waals surface area contributed by atoms with Gasteiger partial charge in [0.25, 0.3) is 0 Å². The van der Waals surface area contributed by atoms with E-state index in [1.807, 2.05) is 51.1 Å². The van der Waals surface area contributed by atoms with Crippen molar-refractivity contribution in [2.45, 2.75) is 77.4 Å². The van der Waals surface area contributed by atoms with E-state index < -0.39 is 47.9 Å². The first kappa shape index (κ1) is 35.0. The molecule has 248 valence electrons. The molecule has 4 rings (SSSR count). The predicted molar refractivity (Wildman–Crippen MR) is 172 cm³/mol. The molecule has 2 heterocycles. The molecule has 2 N–H and O–H groups in total. The molecule has 0 aliphatic carbocycles. The molecular formula is C35H43ClN2O8. The highest BCUT2D eigenvalue weighted by Crippen LogP contribution is 2.45. The Balaban J connectivity index is 1.58. The summed E-state index contributed by atoms with van der Waals surface area (Å²) in [7, 11) is 1.51. The largest absolute Gasteiger partial charge is 0.495 e. The van der Waals surface area contributed by atoms with E-state index >= 15 is 0 Å². The topological polar surface area (TPSA) is 133 Å². The maximum Gasteiger partial charge on any atom is 0.347 e. The third-order valence-electron chi connectivity index (χ3n) is 8.14. The van der Waals surface area contributed by atoms with Crippen molar-refractivity contribution in [3.63, 3.8) is 0 Å². The summed E-state index contributed by atoms with van der Waals surface area (Å²) in [6, 6.07) is 13.9. The Hall–Kier alpha value is -3.89. The van der Waals surface area contributed by atoms with Gasteiger partial charge < -0.3 is 29.6 Å². The number of benzene rings is 2. The summed E-state index contributed by atoms with van der Waals surface area (Å²) >= 11 is 6.30. The molecule has 0 saturated carbocycles. The van der Waals surface area contributed by atoms with Crippen molar-refractivity contribution in [2.75, 3.05) is 13.7 Å². The maximum absolute atomic E-state index is 13.5. The lowest BCUT2D eigenvalue weighted by atomic mass is 9.93. The first-order valence-corrected chi connectivity index (χ1v) is 16.0. The van der Waals surface area contributed by atoms with Gasteiger partial charge in [0.15, 0.2) is 6.10 Å². The molecule has 1 saturated heterocycles. The maximum atomic E-state index is 13.5. The van der Waals surface area contributed by atoms with Crippen molar-refractivity contribution in [3.05, 3.63) is 76.8 Å². The van der Waals surface area contributed by atoms with Gasteiger partial charge in [-0.3, -0.25) is 14.4 Å². The second kappa shape index (κ2) is 16.1. The van der Waals surface area contributed by atoms with Crippen molar-refractivity contribution in [2.24, 2.45) is 17.8 Å². The molecule has 7 atom stereocenters. The van der Waals surface area contributed by atoms with Crippen molar-refractivity contribution >= 4 is 35.4 Å². The Morgan fingerprint density at radius 2 is 1.74 bits per heavy atom. The Bertz CT molecular complexity index is 1410. The van der Waals surface area contributed by atoms with Crippen LogP contribution in [0.3, 0.4) is 0 Å². The van der Waals surface area contributed by atoms with Crippen LogP contribution >= 0.6 is 11.6 Å². The van der Waals surface area contributed by atoms with E-state index in [4.69, 9.17) is 30.5 Å². The number of cyclic esters (lactones) is 2. The molecule has 2 aliphatic rings. The minimum absolute atomic E-state index is 0.0341. The molecule has 1 fully saturated rings. The SMILES string of the molecule is COc1ccc(C[C@H]2NC(=O)C=CC[C@@H]([C@H](C)[C@H]3O[C@@H]3c3ccccc3)OC(=O)[C@H](CC(C)C)OC(=O)[C@H](C)CNC2=O)cc1Cl. The Morgan fingerprint density at radius 1 is 1.00 bits per heavy atom. The van der Waals surface area contributed by atoms with Crippen LogP contribution in [0.1, 0.15) is 57.8 Å². The number of hydrogen-bond acceptors (Lipinski definition) is 8. The molecule has 2 amide bonds. The fraction of sp³-hybridized carbons (Fsp3) is 0.486. The number of amides is 2. The molecule has 0 aromatic heterocycles. The van der Waals surface area contributed by atoms with E-state index in [0.29, 0.717) is 16.3 Å². The zero-order valence-electron chi connectivity index (χ0n) is 26.9. The van der Waals surface area contributed by atoms with Crippen molar-refractivity contribution in [1.82, 2.24) is 10.6 Å². The van der Waals surface area contributed by atoms with Crippen LogP contribution in [0.4, 0.5) is 0 Å².